The van der Waals surface area contributed by atoms with E-state index in [0.717, 1.165) is 31.4 Å². The van der Waals surface area contributed by atoms with Gasteiger partial charge in [0.2, 0.25) is 0 Å². The average Bonchev–Trinajstić information content (AvgIpc) is 2.50. The predicted octanol–water partition coefficient (Wildman–Crippen LogP) is 3.65. The maximum absolute atomic E-state index is 8.72. The van der Waals surface area contributed by atoms with E-state index in [4.69, 9.17) is 10.00 Å². The minimum absolute atomic E-state index is 0. The lowest BCUT2D eigenvalue weighted by Gasteiger charge is -2.30. The Morgan fingerprint density at radius 1 is 1.48 bits per heavy atom. The highest BCUT2D eigenvalue weighted by Gasteiger charge is 2.22. The van der Waals surface area contributed by atoms with Crippen molar-refractivity contribution >= 4 is 12.4 Å². The van der Waals surface area contributed by atoms with Crippen LogP contribution in [0.15, 0.2) is 18.2 Å². The van der Waals surface area contributed by atoms with Crippen LogP contribution in [0.25, 0.3) is 0 Å². The molecule has 0 spiro atoms. The van der Waals surface area contributed by atoms with E-state index in [0.29, 0.717) is 18.5 Å². The van der Waals surface area contributed by atoms with Gasteiger partial charge in [-0.3, -0.25) is 0 Å². The molecule has 2 atom stereocenters. The molecule has 0 radical (unpaired) electrons. The number of ether oxygens (including phenoxy) is 1. The zero-order valence-electron chi connectivity index (χ0n) is 12.9. The highest BCUT2D eigenvalue weighted by atomic mass is 35.5. The number of nitrogens with zero attached hydrogens (tertiary/aromatic N) is 1. The molecule has 0 aromatic heterocycles. The van der Waals surface area contributed by atoms with Gasteiger partial charge in [-0.25, -0.2) is 0 Å². The molecule has 1 aliphatic carbocycles. The second-order valence-corrected chi connectivity index (χ2v) is 5.51. The molecule has 116 valence electrons. The Bertz CT molecular complexity index is 470. The topological polar surface area (TPSA) is 45.0 Å². The molecule has 1 aliphatic rings. The lowest BCUT2D eigenvalue weighted by atomic mass is 9.87. The van der Waals surface area contributed by atoms with Crippen LogP contribution >= 0.6 is 12.4 Å². The Balaban J connectivity index is 0.00000220. The van der Waals surface area contributed by atoms with Crippen molar-refractivity contribution in [1.82, 2.24) is 5.32 Å². The Hall–Kier alpha value is -1.24. The van der Waals surface area contributed by atoms with Gasteiger partial charge in [-0.15, -0.1) is 12.4 Å². The number of methoxy groups -OCH3 is 1. The van der Waals surface area contributed by atoms with Gasteiger partial charge in [0.1, 0.15) is 5.75 Å². The monoisotopic (exact) mass is 308 g/mol. The predicted molar refractivity (Wildman–Crippen MR) is 88.1 cm³/mol. The van der Waals surface area contributed by atoms with Gasteiger partial charge in [-0.2, -0.15) is 5.26 Å². The molecular formula is C17H25ClN2O. The minimum atomic E-state index is 0. The standard InChI is InChI=1S/C17H24N2O.ClH/c1-3-14(7-5-11-18)19-15-10-9-13-6-4-8-17(20-2)16(13)12-15;/h4,6,8,14-15,19H,3,5,7,9-10,12H2,1-2H3;1H. The molecule has 0 bridgehead atoms. The number of aryl methyl sites for hydroxylation is 1. The zero-order valence-corrected chi connectivity index (χ0v) is 13.7. The lowest BCUT2D eigenvalue weighted by molar-refractivity contribution is 0.360. The molecule has 1 aromatic rings. The number of benzene rings is 1. The molecule has 3 nitrogen and oxygen atoms in total. The van der Waals surface area contributed by atoms with E-state index in [9.17, 15) is 0 Å². The smallest absolute Gasteiger partial charge is 0.122 e. The summed E-state index contributed by atoms with van der Waals surface area (Å²) in [6.07, 6.45) is 5.97. The van der Waals surface area contributed by atoms with E-state index in [1.165, 1.54) is 17.5 Å². The molecule has 1 aromatic carbocycles. The normalized spacial score (nSPS) is 18.0. The largest absolute Gasteiger partial charge is 0.496 e. The van der Waals surface area contributed by atoms with E-state index in [1.807, 2.05) is 6.07 Å². The van der Waals surface area contributed by atoms with Gasteiger partial charge in [0.15, 0.2) is 0 Å². The fourth-order valence-corrected chi connectivity index (χ4v) is 3.07. The summed E-state index contributed by atoms with van der Waals surface area (Å²) in [4.78, 5) is 0. The first-order valence-electron chi connectivity index (χ1n) is 7.56. The van der Waals surface area contributed by atoms with E-state index in [-0.39, 0.29) is 12.4 Å². The third kappa shape index (κ3) is 4.62. The molecule has 0 aliphatic heterocycles. The maximum Gasteiger partial charge on any atom is 0.122 e. The lowest BCUT2D eigenvalue weighted by Crippen LogP contribution is -2.41. The summed E-state index contributed by atoms with van der Waals surface area (Å²) < 4.78 is 5.49. The third-order valence-corrected chi connectivity index (χ3v) is 4.23. The molecule has 2 rings (SSSR count). The summed E-state index contributed by atoms with van der Waals surface area (Å²) in [5.74, 6) is 1.01. The van der Waals surface area contributed by atoms with Crippen LogP contribution in [0.3, 0.4) is 0 Å². The highest BCUT2D eigenvalue weighted by Crippen LogP contribution is 2.29. The minimum Gasteiger partial charge on any atom is -0.496 e. The summed E-state index contributed by atoms with van der Waals surface area (Å²) >= 11 is 0. The van der Waals surface area contributed by atoms with Crippen LogP contribution in [0.4, 0.5) is 0 Å². The van der Waals surface area contributed by atoms with Crippen molar-refractivity contribution in [3.05, 3.63) is 29.3 Å². The molecule has 0 heterocycles. The van der Waals surface area contributed by atoms with Crippen molar-refractivity contribution in [1.29, 1.82) is 5.26 Å². The maximum atomic E-state index is 8.72. The number of nitrogens with one attached hydrogen (secondary N) is 1. The highest BCUT2D eigenvalue weighted by molar-refractivity contribution is 5.85. The molecule has 0 amide bonds. The molecule has 0 fully saturated rings. The number of hydrogen-bond donors (Lipinski definition) is 1. The van der Waals surface area contributed by atoms with E-state index >= 15 is 0 Å². The Kier molecular flexibility index (Phi) is 7.56. The summed E-state index contributed by atoms with van der Waals surface area (Å²) in [6.45, 7) is 2.19. The van der Waals surface area contributed by atoms with Crippen LogP contribution in [-0.4, -0.2) is 19.2 Å². The molecule has 1 N–H and O–H groups in total. The first-order chi connectivity index (χ1) is 9.78. The van der Waals surface area contributed by atoms with E-state index < -0.39 is 0 Å². The first-order valence-corrected chi connectivity index (χ1v) is 7.56. The summed E-state index contributed by atoms with van der Waals surface area (Å²) in [5, 5.41) is 12.4. The van der Waals surface area contributed by atoms with Gasteiger partial charge < -0.3 is 10.1 Å². The van der Waals surface area contributed by atoms with Gasteiger partial charge in [0, 0.05) is 18.5 Å². The number of rotatable bonds is 6. The Labute approximate surface area is 134 Å². The molecule has 2 unspecified atom stereocenters. The second-order valence-electron chi connectivity index (χ2n) is 5.51. The van der Waals surface area contributed by atoms with Gasteiger partial charge in [0.25, 0.3) is 0 Å². The number of fused-ring (bicyclic) bond motifs is 1. The van der Waals surface area contributed by atoms with Crippen molar-refractivity contribution in [2.24, 2.45) is 0 Å². The van der Waals surface area contributed by atoms with Crippen molar-refractivity contribution in [2.75, 3.05) is 7.11 Å². The third-order valence-electron chi connectivity index (χ3n) is 4.23. The van der Waals surface area contributed by atoms with Crippen LogP contribution in [-0.2, 0) is 12.8 Å². The van der Waals surface area contributed by atoms with E-state index in [2.05, 4.69) is 30.4 Å². The first kappa shape index (κ1) is 17.8. The molecule has 0 saturated heterocycles. The van der Waals surface area contributed by atoms with Crippen molar-refractivity contribution in [3.63, 3.8) is 0 Å². The zero-order chi connectivity index (χ0) is 14.4. The fourth-order valence-electron chi connectivity index (χ4n) is 3.07. The quantitative estimate of drug-likeness (QED) is 0.872. The molecule has 0 saturated carbocycles. The van der Waals surface area contributed by atoms with Crippen molar-refractivity contribution in [3.8, 4) is 11.8 Å². The van der Waals surface area contributed by atoms with Crippen LogP contribution in [0, 0.1) is 11.3 Å². The van der Waals surface area contributed by atoms with Gasteiger partial charge in [0.05, 0.1) is 13.2 Å². The fraction of sp³-hybridized carbons (Fsp3) is 0.588. The van der Waals surface area contributed by atoms with Crippen LogP contribution in [0.5, 0.6) is 5.75 Å². The van der Waals surface area contributed by atoms with Gasteiger partial charge in [-0.05, 0) is 49.3 Å². The van der Waals surface area contributed by atoms with Crippen molar-refractivity contribution in [2.45, 2.75) is 57.5 Å². The van der Waals surface area contributed by atoms with Crippen LogP contribution in [0.1, 0.15) is 43.7 Å². The van der Waals surface area contributed by atoms with Gasteiger partial charge >= 0.3 is 0 Å². The number of halogens is 1. The number of nitriles is 1. The van der Waals surface area contributed by atoms with Crippen LogP contribution in [0.2, 0.25) is 0 Å². The average molecular weight is 309 g/mol. The summed E-state index contributed by atoms with van der Waals surface area (Å²) in [6, 6.07) is 9.54. The SMILES string of the molecule is CCC(CCC#N)NC1CCc2cccc(OC)c2C1.Cl. The number of hydrogen-bond acceptors (Lipinski definition) is 3. The molecule has 21 heavy (non-hydrogen) atoms. The summed E-state index contributed by atoms with van der Waals surface area (Å²) in [5.41, 5.74) is 2.78. The molecular weight excluding hydrogens is 284 g/mol. The second kappa shape index (κ2) is 8.92. The summed E-state index contributed by atoms with van der Waals surface area (Å²) in [7, 11) is 1.74. The van der Waals surface area contributed by atoms with E-state index in [1.54, 1.807) is 7.11 Å². The van der Waals surface area contributed by atoms with Crippen molar-refractivity contribution < 1.29 is 4.74 Å². The Morgan fingerprint density at radius 2 is 2.29 bits per heavy atom. The van der Waals surface area contributed by atoms with Gasteiger partial charge in [-0.1, -0.05) is 19.1 Å². The molecule has 4 heteroatoms. The Morgan fingerprint density at radius 3 is 2.95 bits per heavy atom. The van der Waals surface area contributed by atoms with Crippen LogP contribution < -0.4 is 10.1 Å².